The third kappa shape index (κ3) is 8.64. The van der Waals surface area contributed by atoms with E-state index in [2.05, 4.69) is 10.6 Å². The lowest BCUT2D eigenvalue weighted by Crippen LogP contribution is -2.46. The number of imide groups is 1. The quantitative estimate of drug-likeness (QED) is 0.0743. The predicted molar refractivity (Wildman–Crippen MR) is 214 cm³/mol. The van der Waals surface area contributed by atoms with Crippen molar-refractivity contribution in [2.45, 2.75) is 97.3 Å². The topological polar surface area (TPSA) is 203 Å². The van der Waals surface area contributed by atoms with E-state index < -0.39 is 6.03 Å². The van der Waals surface area contributed by atoms with Gasteiger partial charge in [0.15, 0.2) is 5.78 Å². The number of nitrogens with two attached hydrogens (primary N) is 1. The molecule has 7 N–H and O–H groups in total. The number of phenols is 2. The highest BCUT2D eigenvalue weighted by Gasteiger charge is 2.40. The van der Waals surface area contributed by atoms with E-state index in [0.717, 1.165) is 61.0 Å². The zero-order chi connectivity index (χ0) is 40.3. The molecule has 12 nitrogen and oxygen atoms in total. The number of hydrogen-bond donors (Lipinski definition) is 6. The van der Waals surface area contributed by atoms with Crippen molar-refractivity contribution in [3.63, 3.8) is 0 Å². The van der Waals surface area contributed by atoms with Crippen molar-refractivity contribution in [1.29, 1.82) is 5.41 Å². The van der Waals surface area contributed by atoms with Gasteiger partial charge in [-0.05, 0) is 104 Å². The molecule has 6 rings (SSSR count). The van der Waals surface area contributed by atoms with Crippen molar-refractivity contribution in [2.24, 2.45) is 35.3 Å². The van der Waals surface area contributed by atoms with Crippen molar-refractivity contribution in [3.8, 4) is 11.5 Å². The molecular formula is C44H53N5O7. The van der Waals surface area contributed by atoms with E-state index >= 15 is 0 Å². The molecule has 2 fully saturated rings. The predicted octanol–water partition coefficient (Wildman–Crippen LogP) is 7.33. The number of piperidine rings is 1. The number of carbonyl (C=O) groups is 5. The van der Waals surface area contributed by atoms with Gasteiger partial charge >= 0.3 is 6.03 Å². The summed E-state index contributed by atoms with van der Waals surface area (Å²) in [5, 5.41) is 35.2. The maximum Gasteiger partial charge on any atom is 0.325 e. The number of anilines is 2. The number of urea groups is 1. The second kappa shape index (κ2) is 17.1. The number of aromatic hydroxyl groups is 2. The molecule has 56 heavy (non-hydrogen) atoms. The van der Waals surface area contributed by atoms with Crippen LogP contribution in [0.2, 0.25) is 0 Å². The van der Waals surface area contributed by atoms with Crippen LogP contribution >= 0.6 is 0 Å². The molecule has 1 heterocycles. The summed E-state index contributed by atoms with van der Waals surface area (Å²) in [4.78, 5) is 65.4. The highest BCUT2D eigenvalue weighted by atomic mass is 16.3. The van der Waals surface area contributed by atoms with E-state index in [4.69, 9.17) is 11.1 Å². The molecule has 3 aromatic carbocycles. The van der Waals surface area contributed by atoms with Gasteiger partial charge in [0, 0.05) is 41.5 Å². The molecule has 1 aliphatic heterocycles. The van der Waals surface area contributed by atoms with Gasteiger partial charge in [0.2, 0.25) is 17.7 Å². The number of fused-ring (bicyclic) bond motifs is 1. The summed E-state index contributed by atoms with van der Waals surface area (Å²) < 4.78 is 0. The molecule has 0 aromatic heterocycles. The van der Waals surface area contributed by atoms with Gasteiger partial charge in [0.1, 0.15) is 17.3 Å². The van der Waals surface area contributed by atoms with E-state index in [1.54, 1.807) is 18.2 Å². The number of ketones is 1. The second-order valence-electron chi connectivity index (χ2n) is 16.1. The summed E-state index contributed by atoms with van der Waals surface area (Å²) in [7, 11) is 0. The van der Waals surface area contributed by atoms with Gasteiger partial charge in [0.25, 0.3) is 0 Å². The van der Waals surface area contributed by atoms with Gasteiger partial charge in [0.05, 0.1) is 11.3 Å². The Bertz CT molecular complexity index is 2030. The normalized spacial score (nSPS) is 22.0. The lowest BCUT2D eigenvalue weighted by molar-refractivity contribution is -0.138. The number of nitrogens with one attached hydrogen (secondary N) is 3. The van der Waals surface area contributed by atoms with Crippen LogP contribution in [0.4, 0.5) is 16.2 Å². The van der Waals surface area contributed by atoms with Crippen molar-refractivity contribution in [3.05, 3.63) is 82.4 Å². The number of amides is 5. The van der Waals surface area contributed by atoms with Crippen LogP contribution in [-0.2, 0) is 27.2 Å². The highest BCUT2D eigenvalue weighted by Crippen LogP contribution is 2.39. The van der Waals surface area contributed by atoms with Crippen molar-refractivity contribution in [1.82, 2.24) is 5.32 Å². The molecule has 2 aliphatic carbocycles. The molecule has 0 radical (unpaired) electrons. The average Bonchev–Trinajstić information content (AvgIpc) is 3.13. The Labute approximate surface area is 327 Å². The number of hydrogen-bond acceptors (Lipinski definition) is 8. The number of nitrogens with zero attached hydrogens (tertiary/aromatic N) is 1. The Morgan fingerprint density at radius 3 is 2.30 bits per heavy atom. The van der Waals surface area contributed by atoms with Crippen LogP contribution in [-0.4, -0.2) is 45.6 Å². The molecule has 5 unspecified atom stereocenters. The molecule has 5 amide bonds. The third-order valence-electron chi connectivity index (χ3n) is 12.2. The molecule has 3 aliphatic rings. The van der Waals surface area contributed by atoms with Crippen LogP contribution in [0.1, 0.15) is 117 Å². The standard InChI is InChI=1S/C44H53N5O7/c1-24(2)34-22-35(38(51)23-37(34)50)41(45)49(44(46)56)29-15-12-27(13-16-29)21-26-7-4-5-8-28(14-11-26)42(54)47-36-10-6-9-33-32(36)18-17-30(40(33)53)25(3)31-19-20-39(52)48-43(31)55/h6,9-10,12-13,15-16,22-26,28,30-31,45,50-51H,4-5,7-8,11,14,17-21H2,1-3H3,(H2,46,56)(H,47,54)(H,48,52,55). The highest BCUT2D eigenvalue weighted by molar-refractivity contribution is 6.22. The summed E-state index contributed by atoms with van der Waals surface area (Å²) in [6.07, 6.45) is 8.04. The first-order valence-corrected chi connectivity index (χ1v) is 19.9. The van der Waals surface area contributed by atoms with E-state index in [1.807, 2.05) is 45.0 Å². The first kappa shape index (κ1) is 40.2. The Kier molecular flexibility index (Phi) is 12.3. The van der Waals surface area contributed by atoms with Crippen LogP contribution in [0.3, 0.4) is 0 Å². The minimum absolute atomic E-state index is 0.0150. The molecule has 1 saturated carbocycles. The summed E-state index contributed by atoms with van der Waals surface area (Å²) >= 11 is 0. The summed E-state index contributed by atoms with van der Waals surface area (Å²) in [5.41, 5.74) is 9.88. The molecule has 0 spiro atoms. The summed E-state index contributed by atoms with van der Waals surface area (Å²) in [6.45, 7) is 5.68. The number of amidine groups is 1. The first-order valence-electron chi connectivity index (χ1n) is 19.9. The van der Waals surface area contributed by atoms with E-state index in [1.165, 1.54) is 12.1 Å². The second-order valence-corrected chi connectivity index (χ2v) is 16.1. The molecule has 12 heteroatoms. The van der Waals surface area contributed by atoms with E-state index in [9.17, 15) is 34.2 Å². The lowest BCUT2D eigenvalue weighted by atomic mass is 9.70. The molecule has 1 saturated heterocycles. The fourth-order valence-corrected chi connectivity index (χ4v) is 8.93. The van der Waals surface area contributed by atoms with Gasteiger partial charge in [-0.3, -0.25) is 29.9 Å². The first-order chi connectivity index (χ1) is 26.7. The zero-order valence-corrected chi connectivity index (χ0v) is 32.4. The average molecular weight is 764 g/mol. The SMILES string of the molecule is CC(C)c1cc(C(=N)N(C(N)=O)c2ccc(CC3CCCCC(C(=O)Nc4cccc5c4CCC(C(C)C4CCC(=O)NC4=O)C5=O)CC3)cc2)c(O)cc1O. The largest absolute Gasteiger partial charge is 0.508 e. The number of Topliss-reactive ketones (excluding diaryl/α,β-unsaturated/α-hetero) is 1. The Balaban J connectivity index is 1.07. The van der Waals surface area contributed by atoms with Gasteiger partial charge in [-0.1, -0.05) is 64.3 Å². The van der Waals surface area contributed by atoms with Crippen molar-refractivity contribution in [2.75, 3.05) is 10.2 Å². The summed E-state index contributed by atoms with van der Waals surface area (Å²) in [5.74, 6) is -2.17. The third-order valence-corrected chi connectivity index (χ3v) is 12.2. The van der Waals surface area contributed by atoms with Gasteiger partial charge in [-0.15, -0.1) is 0 Å². The smallest absolute Gasteiger partial charge is 0.325 e. The van der Waals surface area contributed by atoms with Crippen LogP contribution in [0.25, 0.3) is 0 Å². The lowest BCUT2D eigenvalue weighted by Gasteiger charge is -2.34. The maximum atomic E-state index is 13.8. The molecule has 296 valence electrons. The minimum Gasteiger partial charge on any atom is -0.508 e. The van der Waals surface area contributed by atoms with Gasteiger partial charge in [-0.2, -0.15) is 0 Å². The molecule has 5 atom stereocenters. The Morgan fingerprint density at radius 1 is 0.893 bits per heavy atom. The van der Waals surface area contributed by atoms with Gasteiger partial charge < -0.3 is 21.3 Å². The monoisotopic (exact) mass is 763 g/mol. The van der Waals surface area contributed by atoms with Crippen molar-refractivity contribution < 1.29 is 34.2 Å². The minimum atomic E-state index is -0.878. The number of rotatable bonds is 9. The fourth-order valence-electron chi connectivity index (χ4n) is 8.93. The van der Waals surface area contributed by atoms with Crippen LogP contribution in [0.5, 0.6) is 11.5 Å². The van der Waals surface area contributed by atoms with Crippen LogP contribution < -0.4 is 21.3 Å². The molecule has 0 bridgehead atoms. The van der Waals surface area contributed by atoms with Crippen molar-refractivity contribution >= 4 is 46.7 Å². The number of carbonyl (C=O) groups excluding carboxylic acids is 5. The van der Waals surface area contributed by atoms with Crippen LogP contribution in [0.15, 0.2) is 54.6 Å². The van der Waals surface area contributed by atoms with Crippen LogP contribution in [0, 0.1) is 35.0 Å². The Hall–Kier alpha value is -5.52. The number of primary amides is 1. The summed E-state index contributed by atoms with van der Waals surface area (Å²) in [6, 6.07) is 14.6. The maximum absolute atomic E-state index is 13.8. The van der Waals surface area contributed by atoms with Gasteiger partial charge in [-0.25, -0.2) is 9.69 Å². The molecular weight excluding hydrogens is 711 g/mol. The zero-order valence-electron chi connectivity index (χ0n) is 32.4. The Morgan fingerprint density at radius 2 is 1.61 bits per heavy atom. The number of phenolic OH excluding ortho intramolecular Hbond substituents is 2. The fraction of sp³-hybridized carbons (Fsp3) is 0.455. The number of benzene rings is 3. The van der Waals surface area contributed by atoms with E-state index in [-0.39, 0.29) is 82.4 Å². The van der Waals surface area contributed by atoms with E-state index in [0.29, 0.717) is 47.7 Å². The molecule has 3 aromatic rings.